The molecule has 1 N–H and O–H groups in total. The smallest absolute Gasteiger partial charge is 0.304 e. The number of halogens is 2. The Labute approximate surface area is 96.7 Å². The maximum absolute atomic E-state index is 13.2. The van der Waals surface area contributed by atoms with E-state index < -0.39 is 17.6 Å². The number of carboxylic acid groups (broad SMARTS) is 1. The van der Waals surface area contributed by atoms with Crippen LogP contribution in [-0.2, 0) is 10.5 Å². The average molecular weight is 246 g/mol. The summed E-state index contributed by atoms with van der Waals surface area (Å²) in [4.78, 5) is 10.4. The topological polar surface area (TPSA) is 37.3 Å². The summed E-state index contributed by atoms with van der Waals surface area (Å²) >= 11 is 1.23. The number of rotatable bonds is 5. The van der Waals surface area contributed by atoms with Crippen molar-refractivity contribution in [1.29, 1.82) is 0 Å². The normalized spacial score (nSPS) is 12.4. The van der Waals surface area contributed by atoms with Crippen LogP contribution in [0.25, 0.3) is 0 Å². The first-order valence-corrected chi connectivity index (χ1v) is 5.82. The van der Waals surface area contributed by atoms with Gasteiger partial charge in [0.25, 0.3) is 0 Å². The van der Waals surface area contributed by atoms with E-state index in [0.717, 1.165) is 0 Å². The summed E-state index contributed by atoms with van der Waals surface area (Å²) in [5.41, 5.74) is 0.00439. The van der Waals surface area contributed by atoms with E-state index in [1.807, 2.05) is 0 Å². The maximum Gasteiger partial charge on any atom is 0.304 e. The maximum atomic E-state index is 13.2. The van der Waals surface area contributed by atoms with Crippen LogP contribution in [0.1, 0.15) is 18.9 Å². The molecule has 0 heterocycles. The van der Waals surface area contributed by atoms with E-state index in [2.05, 4.69) is 0 Å². The molecule has 0 amide bonds. The van der Waals surface area contributed by atoms with Crippen LogP contribution < -0.4 is 0 Å². The van der Waals surface area contributed by atoms with Crippen molar-refractivity contribution in [3.63, 3.8) is 0 Å². The van der Waals surface area contributed by atoms with Gasteiger partial charge in [-0.15, -0.1) is 0 Å². The van der Waals surface area contributed by atoms with Crippen LogP contribution >= 0.6 is 11.8 Å². The number of hydrogen-bond acceptors (Lipinski definition) is 2. The van der Waals surface area contributed by atoms with Crippen LogP contribution in [-0.4, -0.2) is 16.3 Å². The first kappa shape index (κ1) is 13.0. The van der Waals surface area contributed by atoms with Crippen molar-refractivity contribution in [1.82, 2.24) is 0 Å². The molecule has 1 atom stereocenters. The van der Waals surface area contributed by atoms with Gasteiger partial charge < -0.3 is 5.11 Å². The molecule has 0 aliphatic carbocycles. The van der Waals surface area contributed by atoms with Gasteiger partial charge in [0.1, 0.15) is 11.6 Å². The average Bonchev–Trinajstić information content (AvgIpc) is 2.15. The zero-order valence-corrected chi connectivity index (χ0v) is 9.56. The first-order chi connectivity index (χ1) is 7.50. The van der Waals surface area contributed by atoms with Gasteiger partial charge in [-0.1, -0.05) is 13.0 Å². The Kier molecular flexibility index (Phi) is 4.73. The Morgan fingerprint density at radius 1 is 1.44 bits per heavy atom. The fraction of sp³-hybridized carbons (Fsp3) is 0.364. The molecule has 0 saturated carbocycles. The van der Waals surface area contributed by atoms with Crippen LogP contribution in [0.3, 0.4) is 0 Å². The van der Waals surface area contributed by atoms with Crippen LogP contribution in [0, 0.1) is 11.6 Å². The third kappa shape index (κ3) is 3.81. The minimum absolute atomic E-state index is 0.00439. The van der Waals surface area contributed by atoms with Crippen molar-refractivity contribution in [2.45, 2.75) is 24.3 Å². The molecular weight excluding hydrogens is 234 g/mol. The molecule has 88 valence electrons. The van der Waals surface area contributed by atoms with Gasteiger partial charge in [0.15, 0.2) is 0 Å². The number of aliphatic carboxylic acids is 1. The number of hydrogen-bond donors (Lipinski definition) is 1. The molecule has 1 rings (SSSR count). The summed E-state index contributed by atoms with van der Waals surface area (Å²) < 4.78 is 26.4. The van der Waals surface area contributed by atoms with Crippen LogP contribution in [0.5, 0.6) is 0 Å². The Hall–Kier alpha value is -1.10. The molecule has 0 radical (unpaired) electrons. The van der Waals surface area contributed by atoms with Gasteiger partial charge in [0.05, 0.1) is 6.42 Å². The largest absolute Gasteiger partial charge is 0.481 e. The van der Waals surface area contributed by atoms with Crippen LogP contribution in [0.2, 0.25) is 0 Å². The van der Waals surface area contributed by atoms with E-state index >= 15 is 0 Å². The second-order valence-corrected chi connectivity index (χ2v) is 4.85. The molecule has 1 unspecified atom stereocenters. The summed E-state index contributed by atoms with van der Waals surface area (Å²) in [5, 5.41) is 8.36. The molecule has 0 saturated heterocycles. The van der Waals surface area contributed by atoms with E-state index in [1.54, 1.807) is 6.92 Å². The standard InChI is InChI=1S/C11H12F2O2S/c1-7(5-11(14)15)16-6-8-9(12)3-2-4-10(8)13/h2-4,7H,5-6H2,1H3,(H,14,15). The van der Waals surface area contributed by atoms with Gasteiger partial charge in [-0.25, -0.2) is 8.78 Å². The minimum atomic E-state index is -0.908. The van der Waals surface area contributed by atoms with Gasteiger partial charge in [0.2, 0.25) is 0 Å². The molecule has 5 heteroatoms. The highest BCUT2D eigenvalue weighted by Gasteiger charge is 2.12. The summed E-state index contributed by atoms with van der Waals surface area (Å²) in [6, 6.07) is 3.70. The zero-order valence-electron chi connectivity index (χ0n) is 8.74. The lowest BCUT2D eigenvalue weighted by molar-refractivity contribution is -0.136. The predicted octanol–water partition coefficient (Wildman–Crippen LogP) is 3.06. The van der Waals surface area contributed by atoms with Crippen molar-refractivity contribution in [2.24, 2.45) is 0 Å². The molecular formula is C11H12F2O2S. The number of thioether (sulfide) groups is 1. The molecule has 0 fully saturated rings. The molecule has 0 bridgehead atoms. The number of carbonyl (C=O) groups is 1. The van der Waals surface area contributed by atoms with Crippen molar-refractivity contribution >= 4 is 17.7 Å². The van der Waals surface area contributed by atoms with Gasteiger partial charge in [-0.3, -0.25) is 4.79 Å². The highest BCUT2D eigenvalue weighted by molar-refractivity contribution is 7.99. The highest BCUT2D eigenvalue weighted by atomic mass is 32.2. The Balaban J connectivity index is 2.57. The second kappa shape index (κ2) is 5.84. The lowest BCUT2D eigenvalue weighted by atomic mass is 10.2. The summed E-state index contributed by atoms with van der Waals surface area (Å²) in [7, 11) is 0. The SMILES string of the molecule is CC(CC(=O)O)SCc1c(F)cccc1F. The Bertz CT molecular complexity index is 362. The monoisotopic (exact) mass is 246 g/mol. The molecule has 0 aliphatic heterocycles. The fourth-order valence-electron chi connectivity index (χ4n) is 1.20. The fourth-order valence-corrected chi connectivity index (χ4v) is 2.19. The van der Waals surface area contributed by atoms with E-state index in [1.165, 1.54) is 30.0 Å². The summed E-state index contributed by atoms with van der Waals surface area (Å²) in [6.45, 7) is 1.72. The Morgan fingerprint density at radius 2 is 2.00 bits per heavy atom. The number of benzene rings is 1. The quantitative estimate of drug-likeness (QED) is 0.867. The molecule has 0 spiro atoms. The molecule has 0 aliphatic rings. The first-order valence-electron chi connectivity index (χ1n) is 4.77. The van der Waals surface area contributed by atoms with Crippen molar-refractivity contribution in [3.05, 3.63) is 35.4 Å². The van der Waals surface area contributed by atoms with Crippen LogP contribution in [0.15, 0.2) is 18.2 Å². The van der Waals surface area contributed by atoms with Crippen molar-refractivity contribution in [3.8, 4) is 0 Å². The van der Waals surface area contributed by atoms with Crippen LogP contribution in [0.4, 0.5) is 8.78 Å². The van der Waals surface area contributed by atoms with E-state index in [9.17, 15) is 13.6 Å². The molecule has 1 aromatic rings. The molecule has 1 aromatic carbocycles. The van der Waals surface area contributed by atoms with Gasteiger partial charge >= 0.3 is 5.97 Å². The van der Waals surface area contributed by atoms with Gasteiger partial charge in [0, 0.05) is 16.6 Å². The Morgan fingerprint density at radius 3 is 2.50 bits per heavy atom. The molecule has 2 nitrogen and oxygen atoms in total. The number of carboxylic acids is 1. The van der Waals surface area contributed by atoms with E-state index in [0.29, 0.717) is 0 Å². The molecule has 0 aromatic heterocycles. The summed E-state index contributed by atoms with van der Waals surface area (Å²) in [5.74, 6) is -1.94. The lowest BCUT2D eigenvalue weighted by Gasteiger charge is -2.09. The second-order valence-electron chi connectivity index (χ2n) is 3.42. The van der Waals surface area contributed by atoms with Crippen molar-refractivity contribution in [2.75, 3.05) is 0 Å². The van der Waals surface area contributed by atoms with Crippen molar-refractivity contribution < 1.29 is 18.7 Å². The molecule has 16 heavy (non-hydrogen) atoms. The van der Waals surface area contributed by atoms with E-state index in [-0.39, 0.29) is 23.0 Å². The van der Waals surface area contributed by atoms with Gasteiger partial charge in [-0.2, -0.15) is 11.8 Å². The third-order valence-corrected chi connectivity index (χ3v) is 3.23. The zero-order chi connectivity index (χ0) is 12.1. The predicted molar refractivity (Wildman–Crippen MR) is 59.4 cm³/mol. The third-order valence-electron chi connectivity index (χ3n) is 2.04. The minimum Gasteiger partial charge on any atom is -0.481 e. The highest BCUT2D eigenvalue weighted by Crippen LogP contribution is 2.23. The summed E-state index contributed by atoms with van der Waals surface area (Å²) in [6.07, 6.45) is -0.0132. The lowest BCUT2D eigenvalue weighted by Crippen LogP contribution is -2.06. The van der Waals surface area contributed by atoms with Gasteiger partial charge in [-0.05, 0) is 12.1 Å². The van der Waals surface area contributed by atoms with E-state index in [4.69, 9.17) is 5.11 Å².